The van der Waals surface area contributed by atoms with E-state index < -0.39 is 0 Å². The van der Waals surface area contributed by atoms with Crippen molar-refractivity contribution in [2.24, 2.45) is 7.05 Å². The van der Waals surface area contributed by atoms with Crippen molar-refractivity contribution < 1.29 is 9.21 Å². The summed E-state index contributed by atoms with van der Waals surface area (Å²) in [6.45, 7) is 0.537. The lowest BCUT2D eigenvalue weighted by Gasteiger charge is -2.07. The summed E-state index contributed by atoms with van der Waals surface area (Å²) in [5.74, 6) is 0.227. The van der Waals surface area contributed by atoms with Crippen LogP contribution in [0.4, 0.5) is 5.82 Å². The Labute approximate surface area is 143 Å². The predicted molar refractivity (Wildman–Crippen MR) is 93.5 cm³/mol. The average molecular weight is 338 g/mol. The summed E-state index contributed by atoms with van der Waals surface area (Å²) < 4.78 is 6.66. The number of rotatable bonds is 5. The quantitative estimate of drug-likeness (QED) is 0.743. The van der Waals surface area contributed by atoms with E-state index in [0.717, 1.165) is 23.9 Å². The smallest absolute Gasteiger partial charge is 0.408 e. The van der Waals surface area contributed by atoms with Gasteiger partial charge >= 0.3 is 5.76 Å². The van der Waals surface area contributed by atoms with Gasteiger partial charge in [0.25, 0.3) is 5.91 Å². The highest BCUT2D eigenvalue weighted by Gasteiger charge is 2.23. The molecule has 0 spiro atoms. The van der Waals surface area contributed by atoms with E-state index in [2.05, 4.69) is 15.6 Å². The van der Waals surface area contributed by atoms with Crippen LogP contribution >= 0.6 is 0 Å². The molecule has 2 N–H and O–H groups in total. The van der Waals surface area contributed by atoms with Crippen LogP contribution in [0.25, 0.3) is 11.1 Å². The predicted octanol–water partition coefficient (Wildman–Crippen LogP) is 2.03. The van der Waals surface area contributed by atoms with Crippen LogP contribution in [0.5, 0.6) is 0 Å². The molecule has 1 fully saturated rings. The van der Waals surface area contributed by atoms with Gasteiger partial charge in [-0.1, -0.05) is 6.07 Å². The zero-order valence-electron chi connectivity index (χ0n) is 13.8. The van der Waals surface area contributed by atoms with Crippen molar-refractivity contribution in [3.63, 3.8) is 0 Å². The summed E-state index contributed by atoms with van der Waals surface area (Å²) in [7, 11) is 1.68. The fourth-order valence-electron chi connectivity index (χ4n) is 2.61. The van der Waals surface area contributed by atoms with Crippen molar-refractivity contribution in [1.82, 2.24) is 14.9 Å². The van der Waals surface area contributed by atoms with E-state index >= 15 is 0 Å². The van der Waals surface area contributed by atoms with Crippen LogP contribution in [0.2, 0.25) is 0 Å². The summed E-state index contributed by atoms with van der Waals surface area (Å²) in [6, 6.07) is 9.49. The summed E-state index contributed by atoms with van der Waals surface area (Å²) in [6.07, 6.45) is 3.69. The van der Waals surface area contributed by atoms with Gasteiger partial charge in [-0.05, 0) is 42.7 Å². The molecular formula is C18H18N4O3. The van der Waals surface area contributed by atoms with E-state index in [4.69, 9.17) is 4.42 Å². The van der Waals surface area contributed by atoms with Crippen molar-refractivity contribution in [1.29, 1.82) is 0 Å². The molecule has 128 valence electrons. The van der Waals surface area contributed by atoms with Crippen molar-refractivity contribution in [3.05, 3.63) is 58.2 Å². The third-order valence-corrected chi connectivity index (χ3v) is 4.27. The van der Waals surface area contributed by atoms with Crippen LogP contribution in [0.3, 0.4) is 0 Å². The minimum Gasteiger partial charge on any atom is -0.408 e. The topological polar surface area (TPSA) is 89.2 Å². The number of carbonyl (C=O) groups excluding carboxylic acids is 1. The number of fused-ring (bicyclic) bond motifs is 1. The fraction of sp³-hybridized carbons (Fsp3) is 0.278. The van der Waals surface area contributed by atoms with Crippen molar-refractivity contribution >= 4 is 22.8 Å². The van der Waals surface area contributed by atoms with Gasteiger partial charge in [0.2, 0.25) is 0 Å². The molecule has 25 heavy (non-hydrogen) atoms. The van der Waals surface area contributed by atoms with Gasteiger partial charge in [-0.3, -0.25) is 9.36 Å². The van der Waals surface area contributed by atoms with Gasteiger partial charge in [0.05, 0.1) is 11.1 Å². The fourth-order valence-corrected chi connectivity index (χ4v) is 2.61. The van der Waals surface area contributed by atoms with Gasteiger partial charge in [-0.2, -0.15) is 0 Å². The van der Waals surface area contributed by atoms with E-state index in [9.17, 15) is 9.59 Å². The number of carbonyl (C=O) groups is 1. The molecule has 2 heterocycles. The number of hydrogen-bond acceptors (Lipinski definition) is 5. The Bertz CT molecular complexity index is 984. The summed E-state index contributed by atoms with van der Waals surface area (Å²) >= 11 is 0. The molecule has 3 aromatic rings. The Hall–Kier alpha value is -3.09. The van der Waals surface area contributed by atoms with E-state index in [1.807, 2.05) is 18.2 Å². The van der Waals surface area contributed by atoms with E-state index in [1.54, 1.807) is 25.4 Å². The third-order valence-electron chi connectivity index (χ3n) is 4.27. The van der Waals surface area contributed by atoms with Gasteiger partial charge in [0.1, 0.15) is 5.82 Å². The molecule has 0 aliphatic heterocycles. The second-order valence-electron chi connectivity index (χ2n) is 6.26. The monoisotopic (exact) mass is 338 g/mol. The minimum absolute atomic E-state index is 0.0777. The van der Waals surface area contributed by atoms with Crippen LogP contribution in [0.1, 0.15) is 28.8 Å². The maximum Gasteiger partial charge on any atom is 0.419 e. The van der Waals surface area contributed by atoms with Gasteiger partial charge in [0.15, 0.2) is 5.58 Å². The second-order valence-corrected chi connectivity index (χ2v) is 6.26. The molecule has 0 atom stereocenters. The molecule has 0 saturated heterocycles. The van der Waals surface area contributed by atoms with Gasteiger partial charge in [-0.25, -0.2) is 9.78 Å². The number of aromatic nitrogens is 2. The highest BCUT2D eigenvalue weighted by Crippen LogP contribution is 2.19. The first kappa shape index (κ1) is 15.4. The number of nitrogens with one attached hydrogen (secondary N) is 2. The van der Waals surface area contributed by atoms with Crippen LogP contribution in [-0.2, 0) is 13.6 Å². The van der Waals surface area contributed by atoms with Crippen LogP contribution in [0, 0.1) is 0 Å². The first-order chi connectivity index (χ1) is 12.1. The molecule has 7 heteroatoms. The molecular weight excluding hydrogens is 320 g/mol. The Balaban J connectivity index is 1.42. The number of anilines is 1. The molecule has 2 aromatic heterocycles. The normalized spacial score (nSPS) is 13.8. The Morgan fingerprint density at radius 1 is 1.32 bits per heavy atom. The molecule has 1 aromatic carbocycles. The van der Waals surface area contributed by atoms with Crippen LogP contribution in [-0.4, -0.2) is 21.5 Å². The number of benzene rings is 1. The summed E-state index contributed by atoms with van der Waals surface area (Å²) in [5.41, 5.74) is 2.86. The summed E-state index contributed by atoms with van der Waals surface area (Å²) in [5, 5.41) is 6.13. The lowest BCUT2D eigenvalue weighted by Crippen LogP contribution is -2.25. The first-order valence-corrected chi connectivity index (χ1v) is 8.19. The molecule has 1 aliphatic carbocycles. The first-order valence-electron chi connectivity index (χ1n) is 8.19. The number of oxazole rings is 1. The van der Waals surface area contributed by atoms with E-state index in [1.165, 1.54) is 4.57 Å². The lowest BCUT2D eigenvalue weighted by molar-refractivity contribution is 0.0950. The molecule has 0 unspecified atom stereocenters. The number of pyridine rings is 1. The van der Waals surface area contributed by atoms with Crippen molar-refractivity contribution in [2.45, 2.75) is 25.4 Å². The average Bonchev–Trinajstić information content (AvgIpc) is 3.39. The van der Waals surface area contributed by atoms with E-state index in [-0.39, 0.29) is 11.7 Å². The highest BCUT2D eigenvalue weighted by atomic mass is 16.4. The van der Waals surface area contributed by atoms with Crippen LogP contribution < -0.4 is 16.4 Å². The number of aryl methyl sites for hydroxylation is 1. The largest absolute Gasteiger partial charge is 0.419 e. The van der Waals surface area contributed by atoms with Crippen molar-refractivity contribution in [3.8, 4) is 0 Å². The van der Waals surface area contributed by atoms with Crippen LogP contribution in [0.15, 0.2) is 45.7 Å². The number of hydrogen-bond donors (Lipinski definition) is 2. The van der Waals surface area contributed by atoms with E-state index in [0.29, 0.717) is 29.6 Å². The summed E-state index contributed by atoms with van der Waals surface area (Å²) in [4.78, 5) is 27.7. The molecule has 0 bridgehead atoms. The number of nitrogens with zero attached hydrogens (tertiary/aromatic N) is 2. The maximum atomic E-state index is 11.9. The second kappa shape index (κ2) is 6.08. The van der Waals surface area contributed by atoms with Gasteiger partial charge in [0, 0.05) is 25.8 Å². The zero-order valence-corrected chi connectivity index (χ0v) is 13.8. The van der Waals surface area contributed by atoms with Gasteiger partial charge in [-0.15, -0.1) is 0 Å². The Morgan fingerprint density at radius 3 is 2.88 bits per heavy atom. The standard InChI is InChI=1S/C18H18N4O3/c1-22-14-6-2-11(8-15(14)25-18(22)24)9-19-16-7-3-12(10-20-16)17(23)21-13-4-5-13/h2-3,6-8,10,13H,4-5,9H2,1H3,(H,19,20)(H,21,23). The number of amides is 1. The third kappa shape index (κ3) is 3.26. The Morgan fingerprint density at radius 2 is 2.16 bits per heavy atom. The lowest BCUT2D eigenvalue weighted by atomic mass is 10.2. The molecule has 0 radical (unpaired) electrons. The molecule has 1 amide bonds. The van der Waals surface area contributed by atoms with Crippen molar-refractivity contribution in [2.75, 3.05) is 5.32 Å². The molecule has 1 aliphatic rings. The zero-order chi connectivity index (χ0) is 17.4. The SMILES string of the molecule is Cn1c(=O)oc2cc(CNc3ccc(C(=O)NC4CC4)cn3)ccc21. The molecule has 7 nitrogen and oxygen atoms in total. The maximum absolute atomic E-state index is 11.9. The van der Waals surface area contributed by atoms with Gasteiger partial charge < -0.3 is 15.1 Å². The minimum atomic E-state index is -0.373. The Kier molecular flexibility index (Phi) is 3.76. The highest BCUT2D eigenvalue weighted by molar-refractivity contribution is 5.94. The molecule has 1 saturated carbocycles. The molecule has 4 rings (SSSR count).